The Hall–Kier alpha value is -0.420. The van der Waals surface area contributed by atoms with Gasteiger partial charge >= 0.3 is 6.09 Å². The zero-order chi connectivity index (χ0) is 15.5. The third-order valence-electron chi connectivity index (χ3n) is 4.10. The summed E-state index contributed by atoms with van der Waals surface area (Å²) in [5.41, 5.74) is -0.430. The fourth-order valence-electron chi connectivity index (χ4n) is 2.76. The van der Waals surface area contributed by atoms with Crippen LogP contribution in [0.3, 0.4) is 0 Å². The molecule has 5 heteroatoms. The van der Waals surface area contributed by atoms with Gasteiger partial charge in [0.2, 0.25) is 0 Å². The van der Waals surface area contributed by atoms with Gasteiger partial charge in [-0.2, -0.15) is 11.8 Å². The number of ether oxygens (including phenoxy) is 1. The highest BCUT2D eigenvalue weighted by molar-refractivity contribution is 7.99. The van der Waals surface area contributed by atoms with Crippen molar-refractivity contribution in [1.29, 1.82) is 0 Å². The summed E-state index contributed by atoms with van der Waals surface area (Å²) in [5.74, 6) is 1.90. The molecule has 0 aromatic rings. The van der Waals surface area contributed by atoms with E-state index in [-0.39, 0.29) is 12.1 Å². The van der Waals surface area contributed by atoms with Crippen molar-refractivity contribution in [2.75, 3.05) is 12.3 Å². The second-order valence-electron chi connectivity index (χ2n) is 7.32. The third kappa shape index (κ3) is 6.07. The number of rotatable bonds is 5. The molecule has 1 heterocycles. The third-order valence-corrected chi connectivity index (χ3v) is 5.48. The quantitative estimate of drug-likeness (QED) is 0.818. The molecule has 3 atom stereocenters. The molecular weight excluding hydrogens is 284 g/mol. The zero-order valence-corrected chi connectivity index (χ0v) is 14.6. The van der Waals surface area contributed by atoms with Crippen LogP contribution >= 0.6 is 11.8 Å². The van der Waals surface area contributed by atoms with Gasteiger partial charge in [-0.25, -0.2) is 4.79 Å². The van der Waals surface area contributed by atoms with Crippen LogP contribution in [0.5, 0.6) is 0 Å². The first-order valence-electron chi connectivity index (χ1n) is 8.19. The minimum absolute atomic E-state index is 0.207. The van der Waals surface area contributed by atoms with Crippen molar-refractivity contribution in [2.45, 2.75) is 76.3 Å². The second-order valence-corrected chi connectivity index (χ2v) is 8.81. The first-order valence-corrected chi connectivity index (χ1v) is 9.24. The van der Waals surface area contributed by atoms with Crippen LogP contribution in [0, 0.1) is 5.92 Å². The molecule has 1 amide bonds. The van der Waals surface area contributed by atoms with Crippen LogP contribution in [0.2, 0.25) is 0 Å². The molecule has 4 nitrogen and oxygen atoms in total. The monoisotopic (exact) mass is 314 g/mol. The van der Waals surface area contributed by atoms with Crippen molar-refractivity contribution in [3.05, 3.63) is 0 Å². The lowest BCUT2D eigenvalue weighted by atomic mass is 10.1. The van der Waals surface area contributed by atoms with Crippen molar-refractivity contribution >= 4 is 17.9 Å². The maximum Gasteiger partial charge on any atom is 0.407 e. The minimum Gasteiger partial charge on any atom is -0.444 e. The van der Waals surface area contributed by atoms with Gasteiger partial charge in [0, 0.05) is 23.9 Å². The highest BCUT2D eigenvalue weighted by Gasteiger charge is 2.34. The Labute approximate surface area is 133 Å². The molecule has 1 aliphatic carbocycles. The fourth-order valence-corrected chi connectivity index (χ4v) is 3.93. The molecule has 2 N–H and O–H groups in total. The molecule has 3 unspecified atom stereocenters. The summed E-state index contributed by atoms with van der Waals surface area (Å²) in [4.78, 5) is 12.0. The molecule has 0 spiro atoms. The van der Waals surface area contributed by atoms with E-state index in [1.807, 2.05) is 32.5 Å². The number of hydrogen-bond acceptors (Lipinski definition) is 4. The molecule has 0 aromatic carbocycles. The predicted molar refractivity (Wildman–Crippen MR) is 88.8 cm³/mol. The lowest BCUT2D eigenvalue weighted by Gasteiger charge is -2.31. The van der Waals surface area contributed by atoms with Crippen LogP contribution in [0.15, 0.2) is 0 Å². The average Bonchev–Trinajstić information content (AvgIpc) is 3.18. The van der Waals surface area contributed by atoms with Gasteiger partial charge in [-0.05, 0) is 58.1 Å². The Kier molecular flexibility index (Phi) is 5.83. The smallest absolute Gasteiger partial charge is 0.407 e. The zero-order valence-electron chi connectivity index (χ0n) is 13.8. The van der Waals surface area contributed by atoms with Crippen molar-refractivity contribution in [1.82, 2.24) is 10.6 Å². The van der Waals surface area contributed by atoms with E-state index >= 15 is 0 Å². The van der Waals surface area contributed by atoms with E-state index in [4.69, 9.17) is 4.74 Å². The largest absolute Gasteiger partial charge is 0.444 e. The van der Waals surface area contributed by atoms with E-state index in [0.29, 0.717) is 17.2 Å². The van der Waals surface area contributed by atoms with Crippen molar-refractivity contribution in [2.24, 2.45) is 5.92 Å². The van der Waals surface area contributed by atoms with Crippen LogP contribution in [0.4, 0.5) is 4.79 Å². The molecule has 1 saturated carbocycles. The van der Waals surface area contributed by atoms with Crippen LogP contribution < -0.4 is 10.6 Å². The van der Waals surface area contributed by atoms with Gasteiger partial charge in [0.15, 0.2) is 0 Å². The number of carbonyl (C=O) groups excluding carboxylic acids is 1. The Morgan fingerprint density at radius 2 is 2.05 bits per heavy atom. The predicted octanol–water partition coefficient (Wildman–Crippen LogP) is 3.16. The lowest BCUT2D eigenvalue weighted by molar-refractivity contribution is 0.0496. The number of hydrogen-bond donors (Lipinski definition) is 2. The molecule has 1 aliphatic heterocycles. The Bertz CT molecular complexity index is 353. The molecule has 1 saturated heterocycles. The highest BCUT2D eigenvalue weighted by atomic mass is 32.2. The molecule has 122 valence electrons. The number of nitrogens with one attached hydrogen (secondary N) is 2. The van der Waals surface area contributed by atoms with Crippen molar-refractivity contribution < 1.29 is 9.53 Å². The summed E-state index contributed by atoms with van der Waals surface area (Å²) >= 11 is 2.05. The molecule has 2 fully saturated rings. The summed E-state index contributed by atoms with van der Waals surface area (Å²) in [6, 6.07) is 0.782. The van der Waals surface area contributed by atoms with Crippen LogP contribution in [0.1, 0.15) is 53.4 Å². The molecule has 0 radical (unpaired) electrons. The highest BCUT2D eigenvalue weighted by Crippen LogP contribution is 2.33. The summed E-state index contributed by atoms with van der Waals surface area (Å²) in [6.07, 6.45) is 4.69. The van der Waals surface area contributed by atoms with E-state index in [9.17, 15) is 4.79 Å². The van der Waals surface area contributed by atoms with Gasteiger partial charge in [0.25, 0.3) is 0 Å². The van der Waals surface area contributed by atoms with E-state index in [1.165, 1.54) is 31.4 Å². The Morgan fingerprint density at radius 1 is 1.33 bits per heavy atom. The van der Waals surface area contributed by atoms with Gasteiger partial charge in [-0.15, -0.1) is 0 Å². The molecule has 0 bridgehead atoms. The first-order chi connectivity index (χ1) is 9.85. The second kappa shape index (κ2) is 7.23. The van der Waals surface area contributed by atoms with Crippen molar-refractivity contribution in [3.8, 4) is 0 Å². The standard InChI is InChI=1S/C16H30N2O2S/c1-11-13(6-5-9-21-11)17-10-14(12-7-8-12)18-15(19)20-16(2,3)4/h11-14,17H,5-10H2,1-4H3,(H,18,19). The first kappa shape index (κ1) is 16.9. The number of amides is 1. The van der Waals surface area contributed by atoms with Gasteiger partial charge in [0.1, 0.15) is 5.60 Å². The van der Waals surface area contributed by atoms with E-state index in [0.717, 1.165) is 6.54 Å². The summed E-state index contributed by atoms with van der Waals surface area (Å²) in [7, 11) is 0. The van der Waals surface area contributed by atoms with E-state index < -0.39 is 5.60 Å². The molecule has 0 aromatic heterocycles. The van der Waals surface area contributed by atoms with Crippen LogP contribution in [-0.4, -0.2) is 41.3 Å². The number of alkyl carbamates (subject to hydrolysis) is 1. The minimum atomic E-state index is -0.430. The SMILES string of the molecule is CC1SCCCC1NCC(NC(=O)OC(C)(C)C)C1CC1. The van der Waals surface area contributed by atoms with E-state index in [1.54, 1.807) is 0 Å². The maximum absolute atomic E-state index is 12.0. The molecular formula is C16H30N2O2S. The molecule has 21 heavy (non-hydrogen) atoms. The molecule has 2 rings (SSSR count). The topological polar surface area (TPSA) is 50.4 Å². The number of carbonyl (C=O) groups is 1. The Morgan fingerprint density at radius 3 is 2.62 bits per heavy atom. The van der Waals surface area contributed by atoms with Crippen LogP contribution in [0.25, 0.3) is 0 Å². The average molecular weight is 314 g/mol. The normalized spacial score (nSPS) is 28.0. The summed E-state index contributed by atoms with van der Waals surface area (Å²) < 4.78 is 5.38. The molecule has 2 aliphatic rings. The van der Waals surface area contributed by atoms with Gasteiger partial charge in [0.05, 0.1) is 0 Å². The van der Waals surface area contributed by atoms with E-state index in [2.05, 4.69) is 17.6 Å². The fraction of sp³-hybridized carbons (Fsp3) is 0.938. The van der Waals surface area contributed by atoms with Gasteiger partial charge in [-0.1, -0.05) is 6.92 Å². The number of thioether (sulfide) groups is 1. The summed E-state index contributed by atoms with van der Waals surface area (Å²) in [6.45, 7) is 8.86. The van der Waals surface area contributed by atoms with Gasteiger partial charge < -0.3 is 15.4 Å². The summed E-state index contributed by atoms with van der Waals surface area (Å²) in [5, 5.41) is 7.40. The van der Waals surface area contributed by atoms with Crippen LogP contribution in [-0.2, 0) is 4.74 Å². The Balaban J connectivity index is 1.78. The lowest BCUT2D eigenvalue weighted by Crippen LogP contribution is -2.49. The van der Waals surface area contributed by atoms with Gasteiger partial charge in [-0.3, -0.25) is 0 Å². The maximum atomic E-state index is 12.0. The van der Waals surface area contributed by atoms with Crippen molar-refractivity contribution in [3.63, 3.8) is 0 Å².